The number of hydrogen-bond donors (Lipinski definition) is 1. The van der Waals surface area contributed by atoms with Crippen molar-refractivity contribution in [1.82, 2.24) is 0 Å². The molecule has 1 aromatic rings. The minimum absolute atomic E-state index is 0.190. The van der Waals surface area contributed by atoms with Gasteiger partial charge in [0.2, 0.25) is 0 Å². The molecule has 100 valence electrons. The van der Waals surface area contributed by atoms with Gasteiger partial charge in [0, 0.05) is 11.7 Å². The second-order valence-electron chi connectivity index (χ2n) is 4.83. The summed E-state index contributed by atoms with van der Waals surface area (Å²) in [6.07, 6.45) is 0. The first-order valence-corrected chi connectivity index (χ1v) is 6.80. The van der Waals surface area contributed by atoms with Crippen molar-refractivity contribution in [3.63, 3.8) is 0 Å². The van der Waals surface area contributed by atoms with E-state index in [1.807, 2.05) is 35.2 Å². The van der Waals surface area contributed by atoms with E-state index in [1.54, 1.807) is 0 Å². The second-order valence-corrected chi connectivity index (χ2v) is 4.83. The van der Waals surface area contributed by atoms with Crippen LogP contribution in [0.1, 0.15) is 27.7 Å². The van der Waals surface area contributed by atoms with E-state index < -0.39 is 0 Å². The van der Waals surface area contributed by atoms with Crippen LogP contribution in [0, 0.1) is 0 Å². The molecule has 0 fully saturated rings. The normalized spacial score (nSPS) is 11.0. The third-order valence-electron chi connectivity index (χ3n) is 3.22. The molecule has 3 heteroatoms. The molecule has 0 aliphatic heterocycles. The number of anilines is 1. The van der Waals surface area contributed by atoms with Crippen molar-refractivity contribution in [2.75, 3.05) is 24.5 Å². The van der Waals surface area contributed by atoms with Crippen molar-refractivity contribution in [2.45, 2.75) is 33.7 Å². The smallest absolute Gasteiger partial charge is 0.282 e. The molecule has 0 atom stereocenters. The van der Waals surface area contributed by atoms with Crippen molar-refractivity contribution < 1.29 is 9.69 Å². The molecule has 0 spiro atoms. The summed E-state index contributed by atoms with van der Waals surface area (Å²) in [7, 11) is 0. The topological polar surface area (TPSA) is 24.8 Å². The van der Waals surface area contributed by atoms with E-state index in [-0.39, 0.29) is 11.9 Å². The Morgan fingerprint density at radius 1 is 1.17 bits per heavy atom. The van der Waals surface area contributed by atoms with E-state index in [9.17, 15) is 4.79 Å². The summed E-state index contributed by atoms with van der Waals surface area (Å²) in [6.45, 7) is 10.9. The zero-order valence-corrected chi connectivity index (χ0v) is 11.9. The van der Waals surface area contributed by atoms with E-state index in [4.69, 9.17) is 0 Å². The monoisotopic (exact) mass is 249 g/mol. The Morgan fingerprint density at radius 3 is 2.17 bits per heavy atom. The molecular weight excluding hydrogens is 224 g/mol. The van der Waals surface area contributed by atoms with Gasteiger partial charge < -0.3 is 9.80 Å². The van der Waals surface area contributed by atoms with E-state index in [1.165, 1.54) is 4.90 Å². The van der Waals surface area contributed by atoms with Crippen LogP contribution in [0.2, 0.25) is 0 Å². The van der Waals surface area contributed by atoms with Gasteiger partial charge in [0.05, 0.1) is 13.1 Å². The second kappa shape index (κ2) is 7.17. The Balaban J connectivity index is 2.83. The Morgan fingerprint density at radius 2 is 1.72 bits per heavy atom. The molecule has 0 radical (unpaired) electrons. The minimum atomic E-state index is 0.190. The van der Waals surface area contributed by atoms with E-state index >= 15 is 0 Å². The van der Waals surface area contributed by atoms with Gasteiger partial charge in [-0.05, 0) is 39.8 Å². The van der Waals surface area contributed by atoms with Gasteiger partial charge in [-0.2, -0.15) is 0 Å². The summed E-state index contributed by atoms with van der Waals surface area (Å²) >= 11 is 0. The van der Waals surface area contributed by atoms with Gasteiger partial charge in [-0.15, -0.1) is 0 Å². The van der Waals surface area contributed by atoms with Crippen LogP contribution < -0.4 is 9.80 Å². The lowest BCUT2D eigenvalue weighted by molar-refractivity contribution is -0.888. The van der Waals surface area contributed by atoms with Crippen LogP contribution >= 0.6 is 0 Å². The lowest BCUT2D eigenvalue weighted by atomic mass is 10.2. The number of nitrogens with zero attached hydrogens (tertiary/aromatic N) is 1. The summed E-state index contributed by atoms with van der Waals surface area (Å²) in [5.74, 6) is 0.204. The molecule has 1 aromatic carbocycles. The van der Waals surface area contributed by atoms with Gasteiger partial charge in [0.25, 0.3) is 5.91 Å². The van der Waals surface area contributed by atoms with E-state index in [0.717, 1.165) is 18.8 Å². The van der Waals surface area contributed by atoms with Crippen molar-refractivity contribution in [3.8, 4) is 0 Å². The van der Waals surface area contributed by atoms with Crippen LogP contribution in [0.3, 0.4) is 0 Å². The van der Waals surface area contributed by atoms with Gasteiger partial charge >= 0.3 is 0 Å². The molecule has 0 saturated heterocycles. The number of rotatable bonds is 6. The molecule has 0 unspecified atom stereocenters. The highest BCUT2D eigenvalue weighted by Crippen LogP contribution is 2.16. The maximum atomic E-state index is 12.4. The Hall–Kier alpha value is -1.35. The van der Waals surface area contributed by atoms with Crippen LogP contribution in [-0.2, 0) is 4.79 Å². The molecule has 0 saturated carbocycles. The maximum absolute atomic E-state index is 12.4. The number of benzene rings is 1. The highest BCUT2D eigenvalue weighted by atomic mass is 16.2. The third kappa shape index (κ3) is 3.84. The zero-order chi connectivity index (χ0) is 13.5. The Bertz CT molecular complexity index is 358. The molecule has 0 aliphatic rings. The number of amides is 1. The minimum Gasteiger partial charge on any atom is -0.328 e. The van der Waals surface area contributed by atoms with Crippen molar-refractivity contribution in [2.24, 2.45) is 0 Å². The van der Waals surface area contributed by atoms with Crippen molar-refractivity contribution >= 4 is 11.6 Å². The molecule has 1 N–H and O–H groups in total. The number of para-hydroxylation sites is 1. The summed E-state index contributed by atoms with van der Waals surface area (Å²) in [6, 6.07) is 10.1. The SMILES string of the molecule is CC[NH+](CC)CC(=O)N(c1ccccc1)C(C)C. The summed E-state index contributed by atoms with van der Waals surface area (Å²) in [5.41, 5.74) is 0.990. The molecule has 0 aliphatic carbocycles. The van der Waals surface area contributed by atoms with E-state index in [0.29, 0.717) is 6.54 Å². The van der Waals surface area contributed by atoms with Crippen LogP contribution in [0.5, 0.6) is 0 Å². The first-order chi connectivity index (χ1) is 8.60. The Kier molecular flexibility index (Phi) is 5.86. The van der Waals surface area contributed by atoms with Crippen LogP contribution in [-0.4, -0.2) is 31.6 Å². The molecule has 1 amide bonds. The molecule has 0 bridgehead atoms. The van der Waals surface area contributed by atoms with Crippen molar-refractivity contribution in [1.29, 1.82) is 0 Å². The molecule has 3 nitrogen and oxygen atoms in total. The van der Waals surface area contributed by atoms with Crippen molar-refractivity contribution in [3.05, 3.63) is 30.3 Å². The average Bonchev–Trinajstić information content (AvgIpc) is 2.37. The molecule has 0 heterocycles. The number of likely N-dealkylation sites (N-methyl/N-ethyl adjacent to an activating group) is 1. The van der Waals surface area contributed by atoms with E-state index in [2.05, 4.69) is 27.7 Å². The van der Waals surface area contributed by atoms with Gasteiger partial charge in [0.15, 0.2) is 6.54 Å². The summed E-state index contributed by atoms with van der Waals surface area (Å²) in [5, 5.41) is 0. The lowest BCUT2D eigenvalue weighted by Gasteiger charge is -2.28. The highest BCUT2D eigenvalue weighted by Gasteiger charge is 2.22. The predicted octanol–water partition coefficient (Wildman–Crippen LogP) is 1.35. The molecule has 1 rings (SSSR count). The molecule has 18 heavy (non-hydrogen) atoms. The van der Waals surface area contributed by atoms with Gasteiger partial charge in [-0.3, -0.25) is 4.79 Å². The third-order valence-corrected chi connectivity index (χ3v) is 3.22. The quantitative estimate of drug-likeness (QED) is 0.809. The number of nitrogens with one attached hydrogen (secondary N) is 1. The van der Waals surface area contributed by atoms with Gasteiger partial charge in [-0.25, -0.2) is 0 Å². The van der Waals surface area contributed by atoms with Crippen LogP contribution in [0.25, 0.3) is 0 Å². The average molecular weight is 249 g/mol. The van der Waals surface area contributed by atoms with Crippen LogP contribution in [0.15, 0.2) is 30.3 Å². The lowest BCUT2D eigenvalue weighted by Crippen LogP contribution is -3.12. The fourth-order valence-electron chi connectivity index (χ4n) is 2.12. The predicted molar refractivity (Wildman–Crippen MR) is 76.0 cm³/mol. The summed E-state index contributed by atoms with van der Waals surface area (Å²) in [4.78, 5) is 15.6. The number of hydrogen-bond acceptors (Lipinski definition) is 1. The Labute approximate surface area is 110 Å². The maximum Gasteiger partial charge on any atom is 0.282 e. The zero-order valence-electron chi connectivity index (χ0n) is 11.9. The highest BCUT2D eigenvalue weighted by molar-refractivity contribution is 5.94. The standard InChI is InChI=1S/C15H24N2O/c1-5-16(6-2)12-15(18)17(13(3)4)14-10-8-7-9-11-14/h7-11,13H,5-6,12H2,1-4H3/p+1. The van der Waals surface area contributed by atoms with Gasteiger partial charge in [-0.1, -0.05) is 18.2 Å². The fraction of sp³-hybridized carbons (Fsp3) is 0.533. The number of carbonyl (C=O) groups excluding carboxylic acids is 1. The molecular formula is C15H25N2O+. The first-order valence-electron chi connectivity index (χ1n) is 6.80. The summed E-state index contributed by atoms with van der Waals surface area (Å²) < 4.78 is 0. The number of carbonyl (C=O) groups is 1. The largest absolute Gasteiger partial charge is 0.328 e. The number of quaternary nitrogens is 1. The molecule has 0 aromatic heterocycles. The van der Waals surface area contributed by atoms with Crippen LogP contribution in [0.4, 0.5) is 5.69 Å². The first kappa shape index (κ1) is 14.7. The fourth-order valence-corrected chi connectivity index (χ4v) is 2.12. The van der Waals surface area contributed by atoms with Gasteiger partial charge in [0.1, 0.15) is 0 Å².